The van der Waals surface area contributed by atoms with E-state index < -0.39 is 47.2 Å². The minimum absolute atomic E-state index is 0.104. The van der Waals surface area contributed by atoms with Crippen molar-refractivity contribution in [3.8, 4) is 11.5 Å². The predicted octanol–water partition coefficient (Wildman–Crippen LogP) is 8.46. The van der Waals surface area contributed by atoms with Crippen molar-refractivity contribution < 1.29 is 32.3 Å². The number of benzene rings is 3. The number of hydrogen-bond acceptors (Lipinski definition) is 11. The Labute approximate surface area is 338 Å². The molecular formula is C43H57N5O7Si2. The highest BCUT2D eigenvalue weighted by Gasteiger charge is 2.62. The molecule has 0 amide bonds. The average molecular weight is 814 g/mol. The number of anilines is 1. The van der Waals surface area contributed by atoms with Gasteiger partial charge in [-0.2, -0.15) is 0 Å². The minimum Gasteiger partial charge on any atom is -0.497 e. The van der Waals surface area contributed by atoms with Crippen LogP contribution in [0.1, 0.15) is 78.3 Å². The zero-order valence-electron chi connectivity index (χ0n) is 34.7. The topological polar surface area (TPSA) is 131 Å². The van der Waals surface area contributed by atoms with Gasteiger partial charge in [0, 0.05) is 0 Å². The van der Waals surface area contributed by atoms with Crippen LogP contribution in [0.15, 0.2) is 91.5 Å². The summed E-state index contributed by atoms with van der Waals surface area (Å²) in [5, 5.41) is 16.1. The van der Waals surface area contributed by atoms with Gasteiger partial charge in [0.15, 0.2) is 23.2 Å². The summed E-state index contributed by atoms with van der Waals surface area (Å²) in [5.41, 5.74) is 3.50. The van der Waals surface area contributed by atoms with Crippen LogP contribution in [0.4, 0.5) is 5.82 Å². The van der Waals surface area contributed by atoms with Gasteiger partial charge in [0.2, 0.25) is 0 Å². The maximum absolute atomic E-state index is 12.2. The largest absolute Gasteiger partial charge is 0.497 e. The van der Waals surface area contributed by atoms with Crippen LogP contribution in [0.25, 0.3) is 11.2 Å². The third-order valence-electron chi connectivity index (χ3n) is 11.8. The number of imidazole rings is 1. The maximum atomic E-state index is 12.2. The molecule has 0 radical (unpaired) electrons. The molecule has 12 nitrogen and oxygen atoms in total. The summed E-state index contributed by atoms with van der Waals surface area (Å²) < 4.78 is 41.2. The Morgan fingerprint density at radius 2 is 1.28 bits per heavy atom. The van der Waals surface area contributed by atoms with Gasteiger partial charge < -0.3 is 37.6 Å². The first kappa shape index (κ1) is 41.0. The van der Waals surface area contributed by atoms with E-state index in [1.165, 1.54) is 6.33 Å². The monoisotopic (exact) mass is 813 g/mol. The van der Waals surface area contributed by atoms with E-state index in [0.29, 0.717) is 17.0 Å². The standard InChI is InChI=1S/C43H57N5O7Si2/c1-27(2)56(28(3)4)52-24-36-39(54-57(55-56,29(5)6)30(7)8)38(49)42(53-36)48-26-46-37-40(44-25-45-41(37)48)47-43(31-14-12-11-13-15-31,32-16-20-34(50-9)21-17-32)33-18-22-35(51-10)23-19-33/h11-23,25-30,36,38-39,42,49H,24H2,1-10H3,(H,44,45,47)/t36-,38-,39-,42-/m1/s1/i49+2. The fraction of sp³-hybridized carbons (Fsp3) is 0.465. The van der Waals surface area contributed by atoms with Gasteiger partial charge in [0.1, 0.15) is 41.7 Å². The van der Waals surface area contributed by atoms with E-state index in [-0.39, 0.29) is 28.8 Å². The molecule has 3 aromatic carbocycles. The molecule has 2 aliphatic heterocycles. The summed E-state index contributed by atoms with van der Waals surface area (Å²) in [5.74, 6) is 1.98. The van der Waals surface area contributed by atoms with Gasteiger partial charge in [-0.3, -0.25) is 4.57 Å². The summed E-state index contributed by atoms with van der Waals surface area (Å²) in [6, 6.07) is 26.2. The molecule has 7 rings (SSSR count). The number of ether oxygens (including phenoxy) is 3. The zero-order chi connectivity index (χ0) is 40.7. The highest BCUT2D eigenvalue weighted by molar-refractivity contribution is 6.84. The van der Waals surface area contributed by atoms with Gasteiger partial charge >= 0.3 is 17.1 Å². The number of fused-ring (bicyclic) bond motifs is 2. The molecule has 0 saturated carbocycles. The van der Waals surface area contributed by atoms with Crippen molar-refractivity contribution in [1.29, 1.82) is 0 Å². The Kier molecular flexibility index (Phi) is 11.7. The molecule has 2 aliphatic rings. The van der Waals surface area contributed by atoms with Crippen LogP contribution >= 0.6 is 0 Å². The second-order valence-electron chi connectivity index (χ2n) is 16.4. The maximum Gasteiger partial charge on any atom is 0.335 e. The lowest BCUT2D eigenvalue weighted by atomic mass is 9.77. The normalized spacial score (nSPS) is 22.2. The predicted molar refractivity (Wildman–Crippen MR) is 225 cm³/mol. The van der Waals surface area contributed by atoms with Gasteiger partial charge in [0.25, 0.3) is 0 Å². The number of hydrogen-bond donors (Lipinski definition) is 2. The Hall–Kier alpha value is -4.16. The van der Waals surface area contributed by atoms with E-state index in [1.54, 1.807) is 25.1 Å². The molecule has 0 aliphatic carbocycles. The SMILES string of the molecule is COc1ccc(C(Nc2ncnc3c2ncn3[C@@H]2O[C@@H]3CO[Si](C(C)C)(C(C)C)O[Si](C(C)C)(C(C)C)O[C@H]3[C@H]2[18OH])(c2ccccc2)c2ccc(OC)cc2)cc1. The van der Waals surface area contributed by atoms with E-state index in [4.69, 9.17) is 42.1 Å². The first-order valence-electron chi connectivity index (χ1n) is 20.0. The second-order valence-corrected chi connectivity index (χ2v) is 25.2. The van der Waals surface area contributed by atoms with Crippen molar-refractivity contribution in [1.82, 2.24) is 19.5 Å². The van der Waals surface area contributed by atoms with E-state index in [1.807, 2.05) is 42.5 Å². The highest BCUT2D eigenvalue weighted by Crippen LogP contribution is 2.49. The second kappa shape index (κ2) is 16.2. The number of aromatic nitrogens is 4. The highest BCUT2D eigenvalue weighted by atomic mass is 28.5. The van der Waals surface area contributed by atoms with Crippen molar-refractivity contribution >= 4 is 34.1 Å². The average Bonchev–Trinajstić information content (AvgIpc) is 3.77. The van der Waals surface area contributed by atoms with Crippen LogP contribution in [0, 0.1) is 0 Å². The summed E-state index contributed by atoms with van der Waals surface area (Å²) in [6.45, 7) is 17.7. The lowest BCUT2D eigenvalue weighted by Crippen LogP contribution is -2.65. The van der Waals surface area contributed by atoms with Crippen molar-refractivity contribution in [2.45, 2.75) is 108 Å². The molecule has 2 fully saturated rings. The molecule has 2 aromatic heterocycles. The number of rotatable bonds is 12. The molecule has 2 N–H and O–H groups in total. The van der Waals surface area contributed by atoms with Crippen LogP contribution in [0.2, 0.25) is 22.2 Å². The minimum atomic E-state index is -3.00. The van der Waals surface area contributed by atoms with Crippen LogP contribution in [-0.2, 0) is 23.2 Å². The Morgan fingerprint density at radius 1 is 0.737 bits per heavy atom. The molecule has 0 unspecified atom stereocenters. The van der Waals surface area contributed by atoms with Crippen LogP contribution < -0.4 is 14.8 Å². The first-order valence-corrected chi connectivity index (χ1v) is 23.9. The van der Waals surface area contributed by atoms with Crippen molar-refractivity contribution in [3.05, 3.63) is 108 Å². The smallest absolute Gasteiger partial charge is 0.335 e. The number of aliphatic hydroxyl groups is 1. The summed E-state index contributed by atoms with van der Waals surface area (Å²) in [7, 11) is -2.49. The molecule has 2 saturated heterocycles. The summed E-state index contributed by atoms with van der Waals surface area (Å²) >= 11 is 0. The van der Waals surface area contributed by atoms with Crippen molar-refractivity contribution in [2.24, 2.45) is 0 Å². The lowest BCUT2D eigenvalue weighted by molar-refractivity contribution is -0.0570. The van der Waals surface area contributed by atoms with Crippen LogP contribution in [0.5, 0.6) is 11.5 Å². The number of nitrogens with one attached hydrogen (secondary N) is 1. The Balaban J connectivity index is 1.32. The van der Waals surface area contributed by atoms with Gasteiger partial charge in [-0.15, -0.1) is 0 Å². The zero-order valence-corrected chi connectivity index (χ0v) is 36.7. The molecule has 0 spiro atoms. The molecule has 4 heterocycles. The van der Waals surface area contributed by atoms with Gasteiger partial charge in [-0.05, 0) is 63.1 Å². The van der Waals surface area contributed by atoms with Crippen molar-refractivity contribution in [3.63, 3.8) is 0 Å². The van der Waals surface area contributed by atoms with E-state index in [0.717, 1.165) is 28.2 Å². The van der Waals surface area contributed by atoms with E-state index in [2.05, 4.69) is 97.1 Å². The molecule has 4 atom stereocenters. The molecule has 304 valence electrons. The quantitative estimate of drug-likeness (QED) is 0.0715. The van der Waals surface area contributed by atoms with Gasteiger partial charge in [-0.25, -0.2) is 15.0 Å². The third kappa shape index (κ3) is 7.08. The molecule has 0 bridgehead atoms. The first-order chi connectivity index (χ1) is 27.3. The number of nitrogens with zero attached hydrogens (tertiary/aromatic N) is 4. The number of methoxy groups -OCH3 is 2. The van der Waals surface area contributed by atoms with Crippen molar-refractivity contribution in [2.75, 3.05) is 26.1 Å². The fourth-order valence-corrected chi connectivity index (χ4v) is 20.0. The van der Waals surface area contributed by atoms with Crippen LogP contribution in [-0.4, -0.2) is 80.9 Å². The van der Waals surface area contributed by atoms with E-state index in [9.17, 15) is 5.11 Å². The van der Waals surface area contributed by atoms with Crippen LogP contribution in [0.3, 0.4) is 0 Å². The third-order valence-corrected chi connectivity index (χ3v) is 22.1. The summed E-state index contributed by atoms with van der Waals surface area (Å²) in [4.78, 5) is 14.4. The Morgan fingerprint density at radius 3 is 1.81 bits per heavy atom. The molecule has 14 heteroatoms. The van der Waals surface area contributed by atoms with Gasteiger partial charge in [0.05, 0.1) is 27.2 Å². The summed E-state index contributed by atoms with van der Waals surface area (Å²) in [6.07, 6.45) is 0.0675. The van der Waals surface area contributed by atoms with E-state index >= 15 is 0 Å². The Bertz CT molecular complexity index is 2050. The fourth-order valence-electron chi connectivity index (χ4n) is 8.76. The lowest BCUT2D eigenvalue weighted by Gasteiger charge is -2.51. The molecule has 57 heavy (non-hydrogen) atoms. The van der Waals surface area contributed by atoms with Gasteiger partial charge in [-0.1, -0.05) is 110 Å². The molecular weight excluding hydrogens is 757 g/mol. The molecule has 5 aromatic rings. The number of aliphatic hydroxyl groups excluding tert-OH is 1.